The smallest absolute Gasteiger partial charge is 0.269 e. The number of carbonyl (C=O) groups excluding carboxylic acids is 1. The average molecular weight is 390 g/mol. The minimum Gasteiger partial charge on any atom is -0.298 e. The maximum absolute atomic E-state index is 12.6. The van der Waals surface area contributed by atoms with E-state index < -0.39 is 0 Å². The normalized spacial score (nSPS) is 11.1. The van der Waals surface area contributed by atoms with Gasteiger partial charge in [-0.25, -0.2) is 9.97 Å². The molecule has 0 saturated heterocycles. The van der Waals surface area contributed by atoms with Crippen LogP contribution in [0, 0.1) is 0 Å². The summed E-state index contributed by atoms with van der Waals surface area (Å²) in [5.41, 5.74) is 1.36. The van der Waals surface area contributed by atoms with Gasteiger partial charge in [0, 0.05) is 18.0 Å². The van der Waals surface area contributed by atoms with Crippen LogP contribution in [0.25, 0.3) is 27.3 Å². The van der Waals surface area contributed by atoms with Crippen molar-refractivity contribution < 1.29 is 4.79 Å². The number of nitrogens with zero attached hydrogens (tertiary/aromatic N) is 6. The van der Waals surface area contributed by atoms with E-state index in [1.807, 2.05) is 24.3 Å². The average Bonchev–Trinajstić information content (AvgIpc) is 3.37. The Kier molecular flexibility index (Phi) is 3.66. The molecule has 0 atom stereocenters. The van der Waals surface area contributed by atoms with Crippen molar-refractivity contribution in [3.05, 3.63) is 64.7 Å². The van der Waals surface area contributed by atoms with E-state index in [0.717, 1.165) is 10.2 Å². The fraction of sp³-hybridized carbons (Fsp3) is 0. The van der Waals surface area contributed by atoms with Crippen LogP contribution in [-0.2, 0) is 0 Å². The molecule has 4 aromatic heterocycles. The minimum absolute atomic E-state index is 0.157. The number of anilines is 1. The number of para-hydroxylation sites is 1. The molecule has 5 rings (SSSR count). The number of nitrogens with one attached hydrogen (secondary N) is 2. The quantitative estimate of drug-likeness (QED) is 0.480. The third-order valence-corrected chi connectivity index (χ3v) is 5.02. The first-order valence-corrected chi connectivity index (χ1v) is 8.93. The Morgan fingerprint density at radius 1 is 1.21 bits per heavy atom. The molecule has 0 spiro atoms. The fourth-order valence-electron chi connectivity index (χ4n) is 2.74. The fourth-order valence-corrected chi connectivity index (χ4v) is 3.60. The summed E-state index contributed by atoms with van der Waals surface area (Å²) in [5.74, 6) is -0.178. The van der Waals surface area contributed by atoms with Crippen LogP contribution >= 0.6 is 11.3 Å². The third-order valence-electron chi connectivity index (χ3n) is 4.07. The molecular formula is C17H10N8O2S. The number of hydrogen-bond acceptors (Lipinski definition) is 8. The van der Waals surface area contributed by atoms with E-state index in [4.69, 9.17) is 0 Å². The molecule has 0 fully saturated rings. The van der Waals surface area contributed by atoms with Crippen LogP contribution < -0.4 is 10.9 Å². The SMILES string of the molecule is O=C(Nc1nc2ccccc2s1)c1ccn2c(=O)c(-c3nn[nH]n3)cnc2c1. The number of carbonyl (C=O) groups is 1. The second kappa shape index (κ2) is 6.32. The van der Waals surface area contributed by atoms with Crippen molar-refractivity contribution >= 4 is 38.2 Å². The summed E-state index contributed by atoms with van der Waals surface area (Å²) in [5, 5.41) is 16.6. The first-order chi connectivity index (χ1) is 13.7. The Balaban J connectivity index is 1.48. The van der Waals surface area contributed by atoms with Crippen LogP contribution in [0.15, 0.2) is 53.6 Å². The van der Waals surface area contributed by atoms with E-state index in [2.05, 4.69) is 35.9 Å². The van der Waals surface area contributed by atoms with Gasteiger partial charge in [-0.05, 0) is 29.5 Å². The summed E-state index contributed by atoms with van der Waals surface area (Å²) in [6.45, 7) is 0. The minimum atomic E-state index is -0.357. The van der Waals surface area contributed by atoms with Crippen LogP contribution in [0.1, 0.15) is 10.4 Å². The topological polar surface area (TPSA) is 131 Å². The van der Waals surface area contributed by atoms with Crippen molar-refractivity contribution in [2.45, 2.75) is 0 Å². The number of rotatable bonds is 3. The molecule has 4 heterocycles. The molecule has 0 radical (unpaired) electrons. The number of aromatic nitrogens is 7. The van der Waals surface area contributed by atoms with Gasteiger partial charge in [0.15, 0.2) is 5.13 Å². The molecule has 0 aliphatic heterocycles. The van der Waals surface area contributed by atoms with E-state index in [1.54, 1.807) is 6.07 Å². The lowest BCUT2D eigenvalue weighted by atomic mass is 10.2. The zero-order valence-corrected chi connectivity index (χ0v) is 14.8. The Labute approximate surface area is 159 Å². The number of thiazole rings is 1. The van der Waals surface area contributed by atoms with E-state index >= 15 is 0 Å². The third kappa shape index (κ3) is 2.70. The Bertz CT molecular complexity index is 1360. The number of aromatic amines is 1. The Hall–Kier alpha value is -3.99. The second-order valence-electron chi connectivity index (χ2n) is 5.80. The van der Waals surface area contributed by atoms with Gasteiger partial charge in [-0.2, -0.15) is 5.21 Å². The molecule has 1 amide bonds. The number of hydrogen-bond donors (Lipinski definition) is 2. The van der Waals surface area contributed by atoms with Gasteiger partial charge in [0.1, 0.15) is 11.2 Å². The number of fused-ring (bicyclic) bond motifs is 2. The molecule has 136 valence electrons. The van der Waals surface area contributed by atoms with Crippen LogP contribution in [0.5, 0.6) is 0 Å². The maximum Gasteiger partial charge on any atom is 0.269 e. The van der Waals surface area contributed by atoms with Crippen molar-refractivity contribution in [1.29, 1.82) is 0 Å². The van der Waals surface area contributed by atoms with Crippen molar-refractivity contribution in [3.8, 4) is 11.4 Å². The lowest BCUT2D eigenvalue weighted by Crippen LogP contribution is -2.19. The molecule has 0 saturated carbocycles. The predicted octanol–water partition coefficient (Wildman–Crippen LogP) is 1.74. The summed E-state index contributed by atoms with van der Waals surface area (Å²) in [7, 11) is 0. The van der Waals surface area contributed by atoms with Gasteiger partial charge < -0.3 is 0 Å². The number of benzene rings is 1. The molecule has 0 aliphatic rings. The van der Waals surface area contributed by atoms with E-state index in [0.29, 0.717) is 16.3 Å². The molecule has 2 N–H and O–H groups in total. The Morgan fingerprint density at radius 2 is 2.11 bits per heavy atom. The largest absolute Gasteiger partial charge is 0.298 e. The first-order valence-electron chi connectivity index (χ1n) is 8.11. The van der Waals surface area contributed by atoms with Crippen molar-refractivity contribution in [2.24, 2.45) is 0 Å². The van der Waals surface area contributed by atoms with Gasteiger partial charge in [0.05, 0.1) is 10.2 Å². The highest BCUT2D eigenvalue weighted by atomic mass is 32.1. The zero-order chi connectivity index (χ0) is 19.1. The van der Waals surface area contributed by atoms with Gasteiger partial charge in [-0.3, -0.25) is 19.3 Å². The highest BCUT2D eigenvalue weighted by molar-refractivity contribution is 7.22. The van der Waals surface area contributed by atoms with Crippen molar-refractivity contribution in [1.82, 2.24) is 35.0 Å². The molecule has 5 aromatic rings. The lowest BCUT2D eigenvalue weighted by molar-refractivity contribution is 0.102. The van der Waals surface area contributed by atoms with Gasteiger partial charge in [0.25, 0.3) is 11.5 Å². The van der Waals surface area contributed by atoms with Crippen LogP contribution in [0.4, 0.5) is 5.13 Å². The highest BCUT2D eigenvalue weighted by Crippen LogP contribution is 2.25. The zero-order valence-electron chi connectivity index (χ0n) is 14.0. The standard InChI is InChI=1S/C17H10N8O2S/c26-15(20-17-19-11-3-1-2-4-12(11)28-17)9-5-6-25-13(7-9)18-8-10(16(25)27)14-21-23-24-22-14/h1-8H,(H,19,20,26)(H,21,22,23,24). The summed E-state index contributed by atoms with van der Waals surface area (Å²) in [6.07, 6.45) is 2.85. The highest BCUT2D eigenvalue weighted by Gasteiger charge is 2.14. The van der Waals surface area contributed by atoms with Gasteiger partial charge in [0.2, 0.25) is 5.82 Å². The first kappa shape index (κ1) is 16.2. The van der Waals surface area contributed by atoms with Crippen molar-refractivity contribution in [3.63, 3.8) is 0 Å². The second-order valence-corrected chi connectivity index (χ2v) is 6.83. The molecule has 0 bridgehead atoms. The van der Waals surface area contributed by atoms with E-state index in [-0.39, 0.29) is 22.9 Å². The van der Waals surface area contributed by atoms with Gasteiger partial charge in [-0.15, -0.1) is 10.2 Å². The van der Waals surface area contributed by atoms with Gasteiger partial charge in [-0.1, -0.05) is 23.5 Å². The number of amides is 1. The molecule has 0 aliphatic carbocycles. The summed E-state index contributed by atoms with van der Waals surface area (Å²) in [4.78, 5) is 33.8. The summed E-state index contributed by atoms with van der Waals surface area (Å²) in [6, 6.07) is 10.7. The van der Waals surface area contributed by atoms with E-state index in [1.165, 1.54) is 34.2 Å². The molecule has 1 aromatic carbocycles. The van der Waals surface area contributed by atoms with Crippen LogP contribution in [0.2, 0.25) is 0 Å². The predicted molar refractivity (Wildman–Crippen MR) is 102 cm³/mol. The molecule has 10 nitrogen and oxygen atoms in total. The van der Waals surface area contributed by atoms with Crippen LogP contribution in [0.3, 0.4) is 0 Å². The Morgan fingerprint density at radius 3 is 2.93 bits per heavy atom. The van der Waals surface area contributed by atoms with E-state index in [9.17, 15) is 9.59 Å². The summed E-state index contributed by atoms with van der Waals surface area (Å²) >= 11 is 1.39. The lowest BCUT2D eigenvalue weighted by Gasteiger charge is -2.05. The molecule has 28 heavy (non-hydrogen) atoms. The van der Waals surface area contributed by atoms with Crippen LogP contribution in [-0.4, -0.2) is 40.9 Å². The number of tetrazole rings is 1. The summed E-state index contributed by atoms with van der Waals surface area (Å²) < 4.78 is 2.30. The maximum atomic E-state index is 12.6. The number of H-pyrrole nitrogens is 1. The molecular weight excluding hydrogens is 380 g/mol. The molecule has 11 heteroatoms. The number of pyridine rings is 1. The van der Waals surface area contributed by atoms with Crippen molar-refractivity contribution in [2.75, 3.05) is 5.32 Å². The van der Waals surface area contributed by atoms with Gasteiger partial charge >= 0.3 is 0 Å². The molecule has 0 unspecified atom stereocenters. The monoisotopic (exact) mass is 390 g/mol.